The highest BCUT2D eigenvalue weighted by Gasteiger charge is 2.43. The number of para-hydroxylation sites is 1. The fraction of sp³-hybridized carbons (Fsp3) is 0.647. The average Bonchev–Trinajstić information content (AvgIpc) is 3.22. The molecule has 1 aromatic carbocycles. The number of benzene rings is 1. The Morgan fingerprint density at radius 1 is 1.00 bits per heavy atom. The second-order valence-electron chi connectivity index (χ2n) is 6.33. The first kappa shape index (κ1) is 12.1. The molecule has 2 fully saturated rings. The van der Waals surface area contributed by atoms with Gasteiger partial charge in [-0.2, -0.15) is 0 Å². The maximum Gasteiger partial charge on any atom is 0.125 e. The Labute approximate surface area is 111 Å². The van der Waals surface area contributed by atoms with Crippen LogP contribution in [0.1, 0.15) is 62.5 Å². The molecule has 1 nitrogen and oxygen atoms in total. The minimum atomic E-state index is 0.541. The first-order chi connectivity index (χ1) is 8.72. The Morgan fingerprint density at radius 3 is 2.00 bits per heavy atom. The molecule has 0 unspecified atom stereocenters. The molecule has 0 amide bonds. The van der Waals surface area contributed by atoms with Gasteiger partial charge in [-0.25, -0.2) is 0 Å². The van der Waals surface area contributed by atoms with Crippen LogP contribution in [0.2, 0.25) is 0 Å². The van der Waals surface area contributed by atoms with Crippen LogP contribution in [0.15, 0.2) is 18.2 Å². The van der Waals surface area contributed by atoms with E-state index in [1.54, 1.807) is 0 Å². The summed E-state index contributed by atoms with van der Waals surface area (Å²) in [5.41, 5.74) is 2.87. The van der Waals surface area contributed by atoms with E-state index in [2.05, 4.69) is 32.0 Å². The van der Waals surface area contributed by atoms with E-state index in [0.29, 0.717) is 5.92 Å². The normalized spacial score (nSPS) is 19.6. The molecule has 2 aliphatic carbocycles. The third-order valence-electron chi connectivity index (χ3n) is 4.52. The van der Waals surface area contributed by atoms with Crippen LogP contribution in [-0.4, -0.2) is 7.11 Å². The monoisotopic (exact) mass is 244 g/mol. The van der Waals surface area contributed by atoms with Gasteiger partial charge in [-0.05, 0) is 60.5 Å². The lowest BCUT2D eigenvalue weighted by atomic mass is 9.86. The zero-order valence-electron chi connectivity index (χ0n) is 11.8. The highest BCUT2D eigenvalue weighted by Crippen LogP contribution is 2.56. The van der Waals surface area contributed by atoms with Crippen molar-refractivity contribution >= 4 is 0 Å². The Bertz CT molecular complexity index is 415. The summed E-state index contributed by atoms with van der Waals surface area (Å²) < 4.78 is 5.77. The third kappa shape index (κ3) is 2.15. The molecule has 0 heterocycles. The van der Waals surface area contributed by atoms with Crippen molar-refractivity contribution in [2.24, 2.45) is 11.8 Å². The summed E-state index contributed by atoms with van der Waals surface area (Å²) in [5.74, 6) is 4.37. The quantitative estimate of drug-likeness (QED) is 0.728. The van der Waals surface area contributed by atoms with Crippen molar-refractivity contribution < 1.29 is 4.74 Å². The second kappa shape index (κ2) is 4.60. The van der Waals surface area contributed by atoms with Gasteiger partial charge >= 0.3 is 0 Å². The van der Waals surface area contributed by atoms with E-state index in [-0.39, 0.29) is 0 Å². The average molecular weight is 244 g/mol. The fourth-order valence-corrected chi connectivity index (χ4v) is 3.33. The summed E-state index contributed by atoms with van der Waals surface area (Å²) in [6, 6.07) is 6.76. The summed E-state index contributed by atoms with van der Waals surface area (Å²) in [6.07, 6.45) is 5.71. The molecule has 2 saturated carbocycles. The van der Waals surface area contributed by atoms with Crippen molar-refractivity contribution in [1.29, 1.82) is 0 Å². The zero-order chi connectivity index (χ0) is 12.7. The molecule has 0 aromatic heterocycles. The lowest BCUT2D eigenvalue weighted by Crippen LogP contribution is -2.08. The molecular weight excluding hydrogens is 220 g/mol. The molecule has 1 aromatic rings. The Balaban J connectivity index is 2.01. The van der Waals surface area contributed by atoms with E-state index in [9.17, 15) is 0 Å². The van der Waals surface area contributed by atoms with Gasteiger partial charge in [0.25, 0.3) is 0 Å². The predicted octanol–water partition coefficient (Wildman–Crippen LogP) is 4.72. The van der Waals surface area contributed by atoms with Crippen molar-refractivity contribution in [1.82, 2.24) is 0 Å². The summed E-state index contributed by atoms with van der Waals surface area (Å²) in [5, 5.41) is 0. The largest absolute Gasteiger partial charge is 0.496 e. The number of methoxy groups -OCH3 is 1. The first-order valence-corrected chi connectivity index (χ1v) is 7.39. The maximum atomic E-state index is 5.77. The molecule has 0 atom stereocenters. The van der Waals surface area contributed by atoms with Crippen LogP contribution in [0.4, 0.5) is 0 Å². The van der Waals surface area contributed by atoms with Gasteiger partial charge in [0.05, 0.1) is 7.11 Å². The summed E-state index contributed by atoms with van der Waals surface area (Å²) >= 11 is 0. The molecule has 2 aliphatic rings. The van der Waals surface area contributed by atoms with Crippen LogP contribution >= 0.6 is 0 Å². The van der Waals surface area contributed by atoms with E-state index < -0.39 is 0 Å². The number of hydrogen-bond acceptors (Lipinski definition) is 1. The lowest BCUT2D eigenvalue weighted by Gasteiger charge is -2.22. The molecule has 98 valence electrons. The second-order valence-corrected chi connectivity index (χ2v) is 6.33. The van der Waals surface area contributed by atoms with Crippen molar-refractivity contribution in [3.63, 3.8) is 0 Å². The van der Waals surface area contributed by atoms with Gasteiger partial charge in [-0.3, -0.25) is 0 Å². The van der Waals surface area contributed by atoms with Crippen molar-refractivity contribution in [2.75, 3.05) is 7.11 Å². The SMILES string of the molecule is COc1c(C(C)C)cccc1C(C1CC1)C1CC1. The highest BCUT2D eigenvalue weighted by molar-refractivity contribution is 5.46. The Kier molecular flexibility index (Phi) is 3.09. The van der Waals surface area contributed by atoms with E-state index in [1.807, 2.05) is 7.11 Å². The minimum absolute atomic E-state index is 0.541. The van der Waals surface area contributed by atoms with Gasteiger partial charge in [0.2, 0.25) is 0 Å². The van der Waals surface area contributed by atoms with E-state index in [1.165, 1.54) is 42.6 Å². The first-order valence-electron chi connectivity index (χ1n) is 7.39. The zero-order valence-corrected chi connectivity index (χ0v) is 11.8. The van der Waals surface area contributed by atoms with E-state index in [4.69, 9.17) is 4.74 Å². The molecule has 1 heteroatoms. The van der Waals surface area contributed by atoms with Crippen LogP contribution in [-0.2, 0) is 0 Å². The van der Waals surface area contributed by atoms with Gasteiger partial charge in [-0.1, -0.05) is 32.0 Å². The van der Waals surface area contributed by atoms with Gasteiger partial charge in [-0.15, -0.1) is 0 Å². The van der Waals surface area contributed by atoms with E-state index >= 15 is 0 Å². The van der Waals surface area contributed by atoms with E-state index in [0.717, 1.165) is 17.8 Å². The van der Waals surface area contributed by atoms with Crippen LogP contribution < -0.4 is 4.74 Å². The summed E-state index contributed by atoms with van der Waals surface area (Å²) in [6.45, 7) is 4.51. The smallest absolute Gasteiger partial charge is 0.125 e. The van der Waals surface area contributed by atoms with Crippen LogP contribution in [0.3, 0.4) is 0 Å². The third-order valence-corrected chi connectivity index (χ3v) is 4.52. The van der Waals surface area contributed by atoms with Crippen molar-refractivity contribution in [3.8, 4) is 5.75 Å². The highest BCUT2D eigenvalue weighted by atomic mass is 16.5. The topological polar surface area (TPSA) is 9.23 Å². The minimum Gasteiger partial charge on any atom is -0.496 e. The standard InChI is InChI=1S/C17H24O/c1-11(2)14-5-4-6-15(17(14)18-3)16(12-7-8-12)13-9-10-13/h4-6,11-13,16H,7-10H2,1-3H3. The van der Waals surface area contributed by atoms with Crippen molar-refractivity contribution in [2.45, 2.75) is 51.4 Å². The number of rotatable bonds is 5. The fourth-order valence-electron chi connectivity index (χ4n) is 3.33. The Hall–Kier alpha value is -0.980. The summed E-state index contributed by atoms with van der Waals surface area (Å²) in [7, 11) is 1.83. The molecule has 0 radical (unpaired) electrons. The van der Waals surface area contributed by atoms with Gasteiger partial charge < -0.3 is 4.74 Å². The van der Waals surface area contributed by atoms with Gasteiger partial charge in [0.15, 0.2) is 0 Å². The van der Waals surface area contributed by atoms with Crippen molar-refractivity contribution in [3.05, 3.63) is 29.3 Å². The molecule has 0 spiro atoms. The van der Waals surface area contributed by atoms with Crippen LogP contribution in [0.25, 0.3) is 0 Å². The molecule has 0 aliphatic heterocycles. The van der Waals surface area contributed by atoms with Crippen LogP contribution in [0, 0.1) is 11.8 Å². The molecular formula is C17H24O. The predicted molar refractivity (Wildman–Crippen MR) is 75.3 cm³/mol. The maximum absolute atomic E-state index is 5.77. The molecule has 0 bridgehead atoms. The molecule has 0 saturated heterocycles. The number of ether oxygens (including phenoxy) is 1. The van der Waals surface area contributed by atoms with Gasteiger partial charge in [0, 0.05) is 0 Å². The molecule has 3 rings (SSSR count). The molecule has 0 N–H and O–H groups in total. The molecule has 18 heavy (non-hydrogen) atoms. The van der Waals surface area contributed by atoms with Crippen LogP contribution in [0.5, 0.6) is 5.75 Å². The Morgan fingerprint density at radius 2 is 1.56 bits per heavy atom. The van der Waals surface area contributed by atoms with Gasteiger partial charge in [0.1, 0.15) is 5.75 Å². The number of hydrogen-bond donors (Lipinski definition) is 0. The summed E-state index contributed by atoms with van der Waals surface area (Å²) in [4.78, 5) is 0. The lowest BCUT2D eigenvalue weighted by molar-refractivity contribution is 0.390.